The standard InChI is InChI=1S/C20H18F2N2O4/c1-13-3-6-15(7-4-13)19-24-16(11-26-19)12-27-23-10-14-5-8-17(28-20(21)22)18(9-14)25-2/h3-11,20H,12H2,1-2H3/b23-10+. The number of oxazole rings is 1. The molecule has 0 aliphatic heterocycles. The second kappa shape index (κ2) is 8.98. The van der Waals surface area contributed by atoms with Crippen LogP contribution in [0.3, 0.4) is 0 Å². The van der Waals surface area contributed by atoms with E-state index in [4.69, 9.17) is 14.0 Å². The van der Waals surface area contributed by atoms with Crippen LogP contribution in [-0.2, 0) is 11.4 Å². The van der Waals surface area contributed by atoms with Crippen molar-refractivity contribution in [2.24, 2.45) is 5.16 Å². The van der Waals surface area contributed by atoms with E-state index in [9.17, 15) is 8.78 Å². The largest absolute Gasteiger partial charge is 0.493 e. The van der Waals surface area contributed by atoms with Crippen LogP contribution in [0.5, 0.6) is 11.5 Å². The lowest BCUT2D eigenvalue weighted by molar-refractivity contribution is -0.0512. The van der Waals surface area contributed by atoms with E-state index in [1.165, 1.54) is 31.7 Å². The molecule has 3 rings (SSSR count). The highest BCUT2D eigenvalue weighted by Crippen LogP contribution is 2.29. The second-order valence-corrected chi connectivity index (χ2v) is 5.81. The zero-order valence-corrected chi connectivity index (χ0v) is 15.3. The number of oxime groups is 1. The highest BCUT2D eigenvalue weighted by Gasteiger charge is 2.10. The molecular weight excluding hydrogens is 370 g/mol. The van der Waals surface area contributed by atoms with Gasteiger partial charge in [0.1, 0.15) is 12.0 Å². The molecule has 1 heterocycles. The van der Waals surface area contributed by atoms with Crippen LogP contribution >= 0.6 is 0 Å². The highest BCUT2D eigenvalue weighted by molar-refractivity contribution is 5.80. The summed E-state index contributed by atoms with van der Waals surface area (Å²) in [5.74, 6) is 0.618. The number of ether oxygens (including phenoxy) is 2. The van der Waals surface area contributed by atoms with Crippen LogP contribution < -0.4 is 9.47 Å². The minimum absolute atomic E-state index is 0.0539. The molecule has 0 aliphatic rings. The van der Waals surface area contributed by atoms with Gasteiger partial charge in [-0.25, -0.2) is 4.98 Å². The van der Waals surface area contributed by atoms with Gasteiger partial charge in [-0.15, -0.1) is 0 Å². The number of hydrogen-bond acceptors (Lipinski definition) is 6. The fraction of sp³-hybridized carbons (Fsp3) is 0.200. The first-order chi connectivity index (χ1) is 13.5. The number of benzene rings is 2. The summed E-state index contributed by atoms with van der Waals surface area (Å²) in [5.41, 5.74) is 3.21. The van der Waals surface area contributed by atoms with Crippen molar-refractivity contribution in [3.8, 4) is 23.0 Å². The number of nitrogens with zero attached hydrogens (tertiary/aromatic N) is 2. The summed E-state index contributed by atoms with van der Waals surface area (Å²) < 4.78 is 39.5. The predicted molar refractivity (Wildman–Crippen MR) is 98.7 cm³/mol. The van der Waals surface area contributed by atoms with Crippen LogP contribution in [-0.4, -0.2) is 24.9 Å². The van der Waals surface area contributed by atoms with Gasteiger partial charge in [0.15, 0.2) is 18.1 Å². The molecule has 146 valence electrons. The number of aromatic nitrogens is 1. The van der Waals surface area contributed by atoms with Gasteiger partial charge in [-0.3, -0.25) is 0 Å². The van der Waals surface area contributed by atoms with E-state index >= 15 is 0 Å². The van der Waals surface area contributed by atoms with Crippen molar-refractivity contribution in [2.75, 3.05) is 7.11 Å². The molecule has 8 heteroatoms. The summed E-state index contributed by atoms with van der Waals surface area (Å²) in [6, 6.07) is 12.3. The maximum atomic E-state index is 12.3. The van der Waals surface area contributed by atoms with Crippen LogP contribution in [0.15, 0.2) is 58.3 Å². The van der Waals surface area contributed by atoms with Crippen molar-refractivity contribution in [1.82, 2.24) is 4.98 Å². The summed E-state index contributed by atoms with van der Waals surface area (Å²) in [6.07, 6.45) is 2.93. The minimum Gasteiger partial charge on any atom is -0.493 e. The fourth-order valence-corrected chi connectivity index (χ4v) is 2.36. The molecule has 0 amide bonds. The Kier molecular flexibility index (Phi) is 6.21. The van der Waals surface area contributed by atoms with Crippen LogP contribution in [0.4, 0.5) is 8.78 Å². The molecule has 2 aromatic carbocycles. The molecule has 1 aromatic heterocycles. The molecule has 0 aliphatic carbocycles. The van der Waals surface area contributed by atoms with Gasteiger partial charge in [-0.2, -0.15) is 8.78 Å². The van der Waals surface area contributed by atoms with Gasteiger partial charge in [0.2, 0.25) is 5.89 Å². The number of aryl methyl sites for hydroxylation is 1. The molecule has 0 radical (unpaired) electrons. The SMILES string of the molecule is COc1cc(/C=N/OCc2coc(-c3ccc(C)cc3)n2)ccc1OC(F)F. The summed E-state index contributed by atoms with van der Waals surface area (Å²) in [7, 11) is 1.36. The van der Waals surface area contributed by atoms with Crippen molar-refractivity contribution in [3.05, 3.63) is 65.5 Å². The van der Waals surface area contributed by atoms with E-state index in [2.05, 4.69) is 14.9 Å². The Bertz CT molecular complexity index is 940. The average molecular weight is 388 g/mol. The third-order valence-corrected chi connectivity index (χ3v) is 3.74. The molecule has 0 fully saturated rings. The topological polar surface area (TPSA) is 66.1 Å². The highest BCUT2D eigenvalue weighted by atomic mass is 19.3. The normalized spacial score (nSPS) is 11.2. The van der Waals surface area contributed by atoms with Crippen LogP contribution in [0.25, 0.3) is 11.5 Å². The minimum atomic E-state index is -2.93. The number of rotatable bonds is 8. The van der Waals surface area contributed by atoms with Gasteiger partial charge in [0.05, 0.1) is 13.3 Å². The maximum absolute atomic E-state index is 12.3. The molecule has 0 unspecified atom stereocenters. The average Bonchev–Trinajstić information content (AvgIpc) is 3.15. The second-order valence-electron chi connectivity index (χ2n) is 5.81. The molecule has 0 spiro atoms. The smallest absolute Gasteiger partial charge is 0.387 e. The quantitative estimate of drug-likeness (QED) is 0.409. The first-order valence-corrected chi connectivity index (χ1v) is 8.35. The van der Waals surface area contributed by atoms with Crippen LogP contribution in [0, 0.1) is 6.92 Å². The Morgan fingerprint density at radius 2 is 1.93 bits per heavy atom. The molecule has 0 bridgehead atoms. The number of alkyl halides is 2. The Balaban J connectivity index is 1.57. The van der Waals surface area contributed by atoms with Gasteiger partial charge in [0.25, 0.3) is 0 Å². The fourth-order valence-electron chi connectivity index (χ4n) is 2.36. The lowest BCUT2D eigenvalue weighted by Crippen LogP contribution is -2.03. The third kappa shape index (κ3) is 5.06. The predicted octanol–water partition coefficient (Wildman–Crippen LogP) is 4.81. The molecule has 28 heavy (non-hydrogen) atoms. The zero-order valence-electron chi connectivity index (χ0n) is 15.3. The number of hydrogen-bond donors (Lipinski definition) is 0. The Hall–Kier alpha value is -3.42. The lowest BCUT2D eigenvalue weighted by atomic mass is 10.1. The lowest BCUT2D eigenvalue weighted by Gasteiger charge is -2.09. The van der Waals surface area contributed by atoms with Gasteiger partial charge < -0.3 is 18.7 Å². The van der Waals surface area contributed by atoms with E-state index in [0.29, 0.717) is 17.1 Å². The first kappa shape index (κ1) is 19.3. The van der Waals surface area contributed by atoms with Crippen molar-refractivity contribution in [3.63, 3.8) is 0 Å². The monoisotopic (exact) mass is 388 g/mol. The van der Waals surface area contributed by atoms with Crippen LogP contribution in [0.1, 0.15) is 16.8 Å². The third-order valence-electron chi connectivity index (χ3n) is 3.74. The van der Waals surface area contributed by atoms with E-state index in [1.807, 2.05) is 31.2 Å². The summed E-state index contributed by atoms with van der Waals surface area (Å²) >= 11 is 0. The van der Waals surface area contributed by atoms with Crippen molar-refractivity contribution < 1.29 is 27.5 Å². The molecular formula is C20H18F2N2O4. The Morgan fingerprint density at radius 1 is 1.14 bits per heavy atom. The molecule has 0 atom stereocenters. The van der Waals surface area contributed by atoms with Gasteiger partial charge in [-0.05, 0) is 37.3 Å². The van der Waals surface area contributed by atoms with E-state index in [-0.39, 0.29) is 18.1 Å². The van der Waals surface area contributed by atoms with E-state index in [1.54, 1.807) is 6.07 Å². The maximum Gasteiger partial charge on any atom is 0.387 e. The zero-order chi connectivity index (χ0) is 19.9. The molecule has 0 N–H and O–H groups in total. The number of halogens is 2. The molecule has 0 saturated carbocycles. The summed E-state index contributed by atoms with van der Waals surface area (Å²) in [5, 5.41) is 3.85. The first-order valence-electron chi connectivity index (χ1n) is 8.35. The van der Waals surface area contributed by atoms with Crippen LogP contribution in [0.2, 0.25) is 0 Å². The van der Waals surface area contributed by atoms with Gasteiger partial charge in [-0.1, -0.05) is 22.9 Å². The summed E-state index contributed by atoms with van der Waals surface area (Å²) in [4.78, 5) is 9.56. The van der Waals surface area contributed by atoms with Crippen molar-refractivity contribution >= 4 is 6.21 Å². The summed E-state index contributed by atoms with van der Waals surface area (Å²) in [6.45, 7) is -0.801. The van der Waals surface area contributed by atoms with E-state index < -0.39 is 6.61 Å². The van der Waals surface area contributed by atoms with Gasteiger partial charge in [0, 0.05) is 11.1 Å². The Labute approximate surface area is 160 Å². The number of methoxy groups -OCH3 is 1. The Morgan fingerprint density at radius 3 is 2.64 bits per heavy atom. The van der Waals surface area contributed by atoms with Gasteiger partial charge >= 0.3 is 6.61 Å². The molecule has 3 aromatic rings. The molecule has 0 saturated heterocycles. The van der Waals surface area contributed by atoms with E-state index in [0.717, 1.165) is 11.1 Å². The van der Waals surface area contributed by atoms with Crippen molar-refractivity contribution in [1.29, 1.82) is 0 Å². The molecule has 6 nitrogen and oxygen atoms in total. The van der Waals surface area contributed by atoms with Crippen molar-refractivity contribution in [2.45, 2.75) is 20.1 Å².